The third-order valence-electron chi connectivity index (χ3n) is 4.60. The number of rotatable bonds is 11. The van der Waals surface area contributed by atoms with Crippen molar-refractivity contribution in [2.75, 3.05) is 18.1 Å². The first kappa shape index (κ1) is 24.0. The maximum absolute atomic E-state index is 12.7. The van der Waals surface area contributed by atoms with Crippen LogP contribution >= 0.6 is 25.3 Å². The lowest BCUT2D eigenvalue weighted by molar-refractivity contribution is -0.141. The molecule has 11 nitrogen and oxygen atoms in total. The van der Waals surface area contributed by atoms with Gasteiger partial charge < -0.3 is 31.4 Å². The first-order valence-electron chi connectivity index (χ1n) is 9.42. The van der Waals surface area contributed by atoms with Gasteiger partial charge >= 0.3 is 5.97 Å². The molecular weight excluding hydrogens is 432 g/mol. The molecule has 0 saturated carbocycles. The first-order chi connectivity index (χ1) is 14.3. The second-order valence-corrected chi connectivity index (χ2v) is 7.55. The minimum absolute atomic E-state index is 0.0249. The lowest BCUT2D eigenvalue weighted by Crippen LogP contribution is -2.58. The highest BCUT2D eigenvalue weighted by atomic mass is 32.1. The Balaban J connectivity index is 2.06. The quantitative estimate of drug-likeness (QED) is 0.179. The zero-order valence-electron chi connectivity index (χ0n) is 16.1. The van der Waals surface area contributed by atoms with Crippen molar-refractivity contribution in [3.05, 3.63) is 18.2 Å². The van der Waals surface area contributed by atoms with Crippen LogP contribution in [0.1, 0.15) is 18.5 Å². The number of amides is 3. The van der Waals surface area contributed by atoms with Crippen LogP contribution in [0.25, 0.3) is 0 Å². The molecule has 4 unspecified atom stereocenters. The van der Waals surface area contributed by atoms with Crippen LogP contribution in [0.2, 0.25) is 0 Å². The van der Waals surface area contributed by atoms with Crippen molar-refractivity contribution in [1.82, 2.24) is 31.2 Å². The number of thiol groups is 2. The molecule has 13 heteroatoms. The number of H-pyrrole nitrogens is 1. The van der Waals surface area contributed by atoms with Crippen LogP contribution in [-0.2, 0) is 25.6 Å². The van der Waals surface area contributed by atoms with Crippen molar-refractivity contribution in [2.24, 2.45) is 0 Å². The molecule has 3 amide bonds. The van der Waals surface area contributed by atoms with Crippen LogP contribution in [0.5, 0.6) is 0 Å². The van der Waals surface area contributed by atoms with Gasteiger partial charge in [0.1, 0.15) is 18.1 Å². The van der Waals surface area contributed by atoms with Crippen LogP contribution in [0, 0.1) is 0 Å². The number of aromatic amines is 1. The lowest BCUT2D eigenvalue weighted by atomic mass is 10.1. The maximum Gasteiger partial charge on any atom is 0.327 e. The Morgan fingerprint density at radius 1 is 1.10 bits per heavy atom. The molecule has 1 saturated heterocycles. The average molecular weight is 459 g/mol. The highest BCUT2D eigenvalue weighted by Gasteiger charge is 2.31. The summed E-state index contributed by atoms with van der Waals surface area (Å²) < 4.78 is 0. The Morgan fingerprint density at radius 2 is 1.77 bits per heavy atom. The fraction of sp³-hybridized carbons (Fsp3) is 0.588. The summed E-state index contributed by atoms with van der Waals surface area (Å²) in [4.78, 5) is 55.6. The van der Waals surface area contributed by atoms with E-state index in [1.165, 1.54) is 12.5 Å². The summed E-state index contributed by atoms with van der Waals surface area (Å²) in [6.45, 7) is 0.734. The van der Waals surface area contributed by atoms with E-state index in [2.05, 4.69) is 56.5 Å². The monoisotopic (exact) mass is 458 g/mol. The maximum atomic E-state index is 12.7. The van der Waals surface area contributed by atoms with E-state index >= 15 is 0 Å². The normalized spacial score (nSPS) is 18.8. The number of nitrogens with zero attached hydrogens (tertiary/aromatic N) is 1. The predicted molar refractivity (Wildman–Crippen MR) is 114 cm³/mol. The summed E-state index contributed by atoms with van der Waals surface area (Å²) >= 11 is 8.05. The summed E-state index contributed by atoms with van der Waals surface area (Å²) in [5.74, 6) is -2.94. The minimum Gasteiger partial charge on any atom is -0.480 e. The summed E-state index contributed by atoms with van der Waals surface area (Å²) in [7, 11) is 0. The molecule has 1 aromatic rings. The second-order valence-electron chi connectivity index (χ2n) is 6.82. The number of hydrogen-bond acceptors (Lipinski definition) is 8. The molecule has 1 aliphatic rings. The van der Waals surface area contributed by atoms with Crippen LogP contribution in [-0.4, -0.2) is 81.0 Å². The topological polar surface area (TPSA) is 165 Å². The Labute approximate surface area is 184 Å². The third-order valence-corrected chi connectivity index (χ3v) is 5.33. The highest BCUT2D eigenvalue weighted by Crippen LogP contribution is 2.06. The molecule has 0 aliphatic carbocycles. The van der Waals surface area contributed by atoms with Gasteiger partial charge in [0.05, 0.1) is 12.4 Å². The van der Waals surface area contributed by atoms with Gasteiger partial charge in [-0.2, -0.15) is 25.3 Å². The molecule has 0 spiro atoms. The van der Waals surface area contributed by atoms with Crippen molar-refractivity contribution < 1.29 is 24.3 Å². The minimum atomic E-state index is -1.24. The van der Waals surface area contributed by atoms with Gasteiger partial charge in [0, 0.05) is 29.8 Å². The van der Waals surface area contributed by atoms with Crippen molar-refractivity contribution in [1.29, 1.82) is 0 Å². The van der Waals surface area contributed by atoms with Crippen molar-refractivity contribution in [3.8, 4) is 0 Å². The van der Waals surface area contributed by atoms with E-state index < -0.39 is 35.9 Å². The first-order valence-corrected chi connectivity index (χ1v) is 10.7. The molecule has 4 atom stereocenters. The third kappa shape index (κ3) is 6.92. The number of hydrogen-bond donors (Lipinski definition) is 8. The van der Waals surface area contributed by atoms with Gasteiger partial charge in [-0.1, -0.05) is 0 Å². The van der Waals surface area contributed by atoms with E-state index in [4.69, 9.17) is 5.11 Å². The Kier molecular flexibility index (Phi) is 9.46. The molecule has 6 N–H and O–H groups in total. The molecule has 0 aromatic carbocycles. The second kappa shape index (κ2) is 11.8. The van der Waals surface area contributed by atoms with Crippen LogP contribution in [0.4, 0.5) is 0 Å². The molecule has 0 radical (unpaired) electrons. The van der Waals surface area contributed by atoms with Crippen LogP contribution < -0.4 is 21.3 Å². The molecular formula is C17H26N6O5S2. The Hall–Kier alpha value is -2.25. The fourth-order valence-electron chi connectivity index (χ4n) is 2.93. The predicted octanol–water partition coefficient (Wildman–Crippen LogP) is -1.90. The van der Waals surface area contributed by atoms with Crippen LogP contribution in [0.15, 0.2) is 12.5 Å². The van der Waals surface area contributed by atoms with Crippen molar-refractivity contribution >= 4 is 48.9 Å². The number of carboxylic acids is 1. The van der Waals surface area contributed by atoms with Gasteiger partial charge in [0.25, 0.3) is 0 Å². The fourth-order valence-corrected chi connectivity index (χ4v) is 3.43. The molecule has 166 valence electrons. The van der Waals surface area contributed by atoms with Gasteiger partial charge in [0.2, 0.25) is 17.7 Å². The molecule has 1 aliphatic heterocycles. The average Bonchev–Trinajstić information content (AvgIpc) is 3.43. The zero-order chi connectivity index (χ0) is 22.1. The van der Waals surface area contributed by atoms with E-state index in [-0.39, 0.29) is 29.9 Å². The molecule has 1 aromatic heterocycles. The van der Waals surface area contributed by atoms with E-state index in [1.807, 2.05) is 0 Å². The number of aliphatic carboxylic acids is 1. The molecule has 2 heterocycles. The summed E-state index contributed by atoms with van der Waals surface area (Å²) in [6, 6.07) is -3.63. The molecule has 0 bridgehead atoms. The van der Waals surface area contributed by atoms with Gasteiger partial charge in [-0.05, 0) is 19.4 Å². The van der Waals surface area contributed by atoms with Gasteiger partial charge in [-0.3, -0.25) is 14.4 Å². The Bertz CT molecular complexity index is 741. The van der Waals surface area contributed by atoms with E-state index in [0.29, 0.717) is 12.1 Å². The zero-order valence-corrected chi connectivity index (χ0v) is 17.9. The van der Waals surface area contributed by atoms with E-state index in [0.717, 1.165) is 13.0 Å². The van der Waals surface area contributed by atoms with Gasteiger partial charge in [-0.15, -0.1) is 0 Å². The van der Waals surface area contributed by atoms with Gasteiger partial charge in [0.15, 0.2) is 0 Å². The highest BCUT2D eigenvalue weighted by molar-refractivity contribution is 7.80. The van der Waals surface area contributed by atoms with Crippen molar-refractivity contribution in [2.45, 2.75) is 43.4 Å². The summed E-state index contributed by atoms with van der Waals surface area (Å²) in [5.41, 5.74) is 0.565. The summed E-state index contributed by atoms with van der Waals surface area (Å²) in [6.07, 6.45) is 4.51. The number of aromatic nitrogens is 2. The lowest BCUT2D eigenvalue weighted by Gasteiger charge is -2.24. The van der Waals surface area contributed by atoms with Gasteiger partial charge in [-0.25, -0.2) is 9.78 Å². The number of carbonyl (C=O) groups is 4. The molecule has 1 fully saturated rings. The number of imidazole rings is 1. The van der Waals surface area contributed by atoms with E-state index in [9.17, 15) is 19.2 Å². The van der Waals surface area contributed by atoms with E-state index in [1.54, 1.807) is 0 Å². The largest absolute Gasteiger partial charge is 0.480 e. The summed E-state index contributed by atoms with van der Waals surface area (Å²) in [5, 5.41) is 19.7. The number of carboxylic acid groups (broad SMARTS) is 1. The number of nitrogens with one attached hydrogen (secondary N) is 5. The SMILES string of the molecule is O=C(O)C(CS)NC(=O)C(Cc1cnc[nH]1)NC(=O)C(CS)NC(=O)C1CCCN1. The standard InChI is InChI=1S/C17H26N6O5S2/c24-14(10-2-1-3-19-10)22-12(6-29)16(26)21-11(4-9-5-18-8-20-9)15(25)23-13(7-30)17(27)28/h5,8,10-13,19,29-30H,1-4,6-7H2,(H,18,20)(H,21,26)(H,22,24)(H,23,25)(H,27,28). The smallest absolute Gasteiger partial charge is 0.327 e. The number of carbonyl (C=O) groups excluding carboxylic acids is 3. The molecule has 30 heavy (non-hydrogen) atoms. The van der Waals surface area contributed by atoms with Crippen molar-refractivity contribution in [3.63, 3.8) is 0 Å². The molecule has 2 rings (SSSR count). The Morgan fingerprint density at radius 3 is 2.30 bits per heavy atom. The van der Waals surface area contributed by atoms with Crippen LogP contribution in [0.3, 0.4) is 0 Å².